The molecule has 13 heavy (non-hydrogen) atoms. The van der Waals surface area contributed by atoms with Gasteiger partial charge in [0, 0.05) is 5.92 Å². The molecule has 1 N–H and O–H groups in total. The third-order valence-electron chi connectivity index (χ3n) is 2.23. The second-order valence-electron chi connectivity index (χ2n) is 3.22. The lowest BCUT2D eigenvalue weighted by Crippen LogP contribution is -2.31. The van der Waals surface area contributed by atoms with Gasteiger partial charge in [-0.25, -0.2) is 4.79 Å². The molecule has 0 radical (unpaired) electrons. The van der Waals surface area contributed by atoms with Gasteiger partial charge in [-0.15, -0.1) is 0 Å². The maximum Gasteiger partial charge on any atom is 0.335 e. The molecule has 0 fully saturated rings. The van der Waals surface area contributed by atoms with Crippen molar-refractivity contribution in [2.75, 3.05) is 6.61 Å². The summed E-state index contributed by atoms with van der Waals surface area (Å²) in [7, 11) is 0. The second-order valence-corrected chi connectivity index (χ2v) is 3.22. The highest BCUT2D eigenvalue weighted by Gasteiger charge is 2.25. The van der Waals surface area contributed by atoms with Crippen LogP contribution in [-0.4, -0.2) is 23.8 Å². The van der Waals surface area contributed by atoms with E-state index in [0.29, 0.717) is 6.61 Å². The van der Waals surface area contributed by atoms with Crippen molar-refractivity contribution in [2.24, 2.45) is 5.92 Å². The first-order chi connectivity index (χ1) is 6.25. The molecule has 74 valence electrons. The van der Waals surface area contributed by atoms with Gasteiger partial charge in [0.1, 0.15) is 0 Å². The fourth-order valence-electron chi connectivity index (χ4n) is 1.50. The number of esters is 1. The number of aliphatic hydroxyl groups is 1. The molecule has 0 aliphatic heterocycles. The van der Waals surface area contributed by atoms with E-state index < -0.39 is 12.1 Å². The molecular weight excluding hydrogens is 168 g/mol. The summed E-state index contributed by atoms with van der Waals surface area (Å²) in [5.41, 5.74) is 0. The number of carbonyl (C=O) groups excluding carboxylic acids is 1. The number of carbonyl (C=O) groups is 1. The first kappa shape index (κ1) is 10.3. The zero-order valence-electron chi connectivity index (χ0n) is 7.90. The van der Waals surface area contributed by atoms with Crippen molar-refractivity contribution < 1.29 is 14.6 Å². The van der Waals surface area contributed by atoms with Crippen molar-refractivity contribution in [3.05, 3.63) is 12.2 Å². The molecule has 1 aliphatic rings. The van der Waals surface area contributed by atoms with Crippen LogP contribution in [0.2, 0.25) is 0 Å². The Hall–Kier alpha value is -0.830. The molecule has 3 heteroatoms. The van der Waals surface area contributed by atoms with Crippen LogP contribution in [0.3, 0.4) is 0 Å². The van der Waals surface area contributed by atoms with E-state index in [-0.39, 0.29) is 5.92 Å². The monoisotopic (exact) mass is 184 g/mol. The van der Waals surface area contributed by atoms with E-state index in [1.165, 1.54) is 0 Å². The summed E-state index contributed by atoms with van der Waals surface area (Å²) < 4.78 is 4.73. The molecule has 0 bridgehead atoms. The van der Waals surface area contributed by atoms with Crippen LogP contribution in [-0.2, 0) is 9.53 Å². The van der Waals surface area contributed by atoms with Crippen LogP contribution in [0.25, 0.3) is 0 Å². The van der Waals surface area contributed by atoms with Crippen LogP contribution in [0.1, 0.15) is 26.2 Å². The lowest BCUT2D eigenvalue weighted by atomic mass is 9.91. The molecular formula is C10H16O3. The molecule has 1 rings (SSSR count). The molecule has 0 aromatic carbocycles. The van der Waals surface area contributed by atoms with E-state index in [0.717, 1.165) is 19.3 Å². The van der Waals surface area contributed by atoms with Crippen LogP contribution < -0.4 is 0 Å². The van der Waals surface area contributed by atoms with Gasteiger partial charge in [0.2, 0.25) is 0 Å². The van der Waals surface area contributed by atoms with E-state index in [1.807, 2.05) is 12.2 Å². The van der Waals surface area contributed by atoms with Crippen LogP contribution in [0.4, 0.5) is 0 Å². The van der Waals surface area contributed by atoms with Crippen molar-refractivity contribution in [3.8, 4) is 0 Å². The van der Waals surface area contributed by atoms with E-state index in [2.05, 4.69) is 0 Å². The highest BCUT2D eigenvalue weighted by atomic mass is 16.5. The largest absolute Gasteiger partial charge is 0.464 e. The fraction of sp³-hybridized carbons (Fsp3) is 0.700. The standard InChI is InChI=1S/C10H16O3/c1-2-13-10(12)9(11)8-6-4-3-5-7-8/h4,6,8-9,11H,2-3,5,7H2,1H3/t8-,9-/m0/s1. The summed E-state index contributed by atoms with van der Waals surface area (Å²) in [5.74, 6) is -0.549. The topological polar surface area (TPSA) is 46.5 Å². The second kappa shape index (κ2) is 5.02. The Bertz CT molecular complexity index is 198. The molecule has 0 heterocycles. The number of allylic oxidation sites excluding steroid dienone is 1. The minimum Gasteiger partial charge on any atom is -0.464 e. The van der Waals surface area contributed by atoms with Gasteiger partial charge in [-0.3, -0.25) is 0 Å². The summed E-state index contributed by atoms with van der Waals surface area (Å²) >= 11 is 0. The van der Waals surface area contributed by atoms with E-state index >= 15 is 0 Å². The number of rotatable bonds is 3. The van der Waals surface area contributed by atoms with Gasteiger partial charge in [0.15, 0.2) is 6.10 Å². The lowest BCUT2D eigenvalue weighted by molar-refractivity contribution is -0.155. The average Bonchev–Trinajstić information content (AvgIpc) is 2.18. The Morgan fingerprint density at radius 1 is 1.77 bits per heavy atom. The summed E-state index contributed by atoms with van der Waals surface area (Å²) in [5, 5.41) is 9.55. The first-order valence-electron chi connectivity index (χ1n) is 4.77. The van der Waals surface area contributed by atoms with Gasteiger partial charge < -0.3 is 9.84 Å². The van der Waals surface area contributed by atoms with Crippen molar-refractivity contribution in [1.29, 1.82) is 0 Å². The number of hydrogen-bond acceptors (Lipinski definition) is 3. The molecule has 0 amide bonds. The first-order valence-corrected chi connectivity index (χ1v) is 4.77. The minimum absolute atomic E-state index is 0.0483. The summed E-state index contributed by atoms with van der Waals surface area (Å²) in [4.78, 5) is 11.1. The lowest BCUT2D eigenvalue weighted by Gasteiger charge is -2.20. The smallest absolute Gasteiger partial charge is 0.335 e. The van der Waals surface area contributed by atoms with E-state index in [1.54, 1.807) is 6.92 Å². The Morgan fingerprint density at radius 2 is 2.54 bits per heavy atom. The summed E-state index contributed by atoms with van der Waals surface area (Å²) in [6.45, 7) is 2.06. The van der Waals surface area contributed by atoms with Gasteiger partial charge in [0.05, 0.1) is 6.61 Å². The SMILES string of the molecule is CCOC(=O)[C@@H](O)[C@H]1C=CCCC1. The predicted octanol–water partition coefficient (Wildman–Crippen LogP) is 1.27. The molecule has 2 atom stereocenters. The van der Waals surface area contributed by atoms with Crippen LogP contribution in [0.5, 0.6) is 0 Å². The molecule has 0 saturated carbocycles. The van der Waals surface area contributed by atoms with Crippen LogP contribution in [0, 0.1) is 5.92 Å². The van der Waals surface area contributed by atoms with E-state index in [9.17, 15) is 9.90 Å². The highest BCUT2D eigenvalue weighted by Crippen LogP contribution is 2.20. The van der Waals surface area contributed by atoms with Gasteiger partial charge in [0.25, 0.3) is 0 Å². The summed E-state index contributed by atoms with van der Waals surface area (Å²) in [6, 6.07) is 0. The van der Waals surface area contributed by atoms with Crippen molar-refractivity contribution in [3.63, 3.8) is 0 Å². The molecule has 0 aromatic rings. The number of hydrogen-bond donors (Lipinski definition) is 1. The maximum absolute atomic E-state index is 11.1. The van der Waals surface area contributed by atoms with Crippen molar-refractivity contribution in [2.45, 2.75) is 32.3 Å². The predicted molar refractivity (Wildman–Crippen MR) is 49.1 cm³/mol. The Balaban J connectivity index is 2.45. The van der Waals surface area contributed by atoms with E-state index in [4.69, 9.17) is 4.74 Å². The fourth-order valence-corrected chi connectivity index (χ4v) is 1.50. The average molecular weight is 184 g/mol. The number of ether oxygens (including phenoxy) is 1. The van der Waals surface area contributed by atoms with Gasteiger partial charge in [-0.2, -0.15) is 0 Å². The van der Waals surface area contributed by atoms with Crippen molar-refractivity contribution in [1.82, 2.24) is 0 Å². The molecule has 0 spiro atoms. The van der Waals surface area contributed by atoms with Crippen molar-refractivity contribution >= 4 is 5.97 Å². The van der Waals surface area contributed by atoms with Gasteiger partial charge >= 0.3 is 5.97 Å². The van der Waals surface area contributed by atoms with Gasteiger partial charge in [-0.1, -0.05) is 12.2 Å². The third-order valence-corrected chi connectivity index (χ3v) is 2.23. The summed E-state index contributed by atoms with van der Waals surface area (Å²) in [6.07, 6.45) is 5.90. The molecule has 0 saturated heterocycles. The Kier molecular flexibility index (Phi) is 3.96. The van der Waals surface area contributed by atoms with Gasteiger partial charge in [-0.05, 0) is 26.2 Å². The zero-order chi connectivity index (χ0) is 9.68. The third kappa shape index (κ3) is 2.84. The Labute approximate surface area is 78.4 Å². The molecule has 0 aromatic heterocycles. The quantitative estimate of drug-likeness (QED) is 0.530. The minimum atomic E-state index is -0.975. The Morgan fingerprint density at radius 3 is 3.08 bits per heavy atom. The van der Waals surface area contributed by atoms with Crippen LogP contribution in [0.15, 0.2) is 12.2 Å². The zero-order valence-corrected chi connectivity index (χ0v) is 7.90. The molecule has 1 aliphatic carbocycles. The number of aliphatic hydroxyl groups excluding tert-OH is 1. The highest BCUT2D eigenvalue weighted by molar-refractivity contribution is 5.75. The maximum atomic E-state index is 11.1. The molecule has 3 nitrogen and oxygen atoms in total. The van der Waals surface area contributed by atoms with Crippen LogP contribution >= 0.6 is 0 Å². The normalized spacial score (nSPS) is 24.0. The molecule has 0 unspecified atom stereocenters.